The maximum absolute atomic E-state index is 6.18. The van der Waals surface area contributed by atoms with Crippen LogP contribution in [-0.4, -0.2) is 15.4 Å². The molecule has 0 spiro atoms. The first kappa shape index (κ1) is 14.0. The summed E-state index contributed by atoms with van der Waals surface area (Å²) in [6.45, 7) is 13.9. The van der Waals surface area contributed by atoms with Crippen LogP contribution in [0, 0.1) is 16.7 Å². The molecule has 2 nitrogen and oxygen atoms in total. The average molecular weight is 268 g/mol. The second-order valence-corrected chi connectivity index (χ2v) is 12.1. The number of fused-ring (bicyclic) bond motifs is 2. The number of methoxy groups -OCH3 is 1. The Bertz CT molecular complexity index is 378. The van der Waals surface area contributed by atoms with Crippen LogP contribution < -0.4 is 0 Å². The molecule has 0 amide bonds. The average Bonchev–Trinajstić information content (AvgIpc) is 2.56. The van der Waals surface area contributed by atoms with Crippen LogP contribution in [0.15, 0.2) is 11.5 Å². The summed E-state index contributed by atoms with van der Waals surface area (Å²) >= 11 is 0. The van der Waals surface area contributed by atoms with Crippen molar-refractivity contribution >= 4 is 8.32 Å². The van der Waals surface area contributed by atoms with Gasteiger partial charge in [-0.1, -0.05) is 20.8 Å². The zero-order valence-electron chi connectivity index (χ0n) is 13.0. The summed E-state index contributed by atoms with van der Waals surface area (Å²) in [6, 6.07) is 0. The smallest absolute Gasteiger partial charge is 0.264 e. The van der Waals surface area contributed by atoms with E-state index in [4.69, 9.17) is 9.16 Å². The van der Waals surface area contributed by atoms with Crippen molar-refractivity contribution in [2.24, 2.45) is 16.7 Å². The van der Waals surface area contributed by atoms with Crippen LogP contribution in [0.25, 0.3) is 0 Å². The molecule has 0 radical (unpaired) electrons. The van der Waals surface area contributed by atoms with Crippen molar-refractivity contribution in [3.63, 3.8) is 0 Å². The molecule has 2 rings (SSSR count). The van der Waals surface area contributed by atoms with Crippen LogP contribution in [-0.2, 0) is 9.16 Å². The molecule has 2 aliphatic rings. The zero-order valence-corrected chi connectivity index (χ0v) is 14.0. The van der Waals surface area contributed by atoms with Gasteiger partial charge in [-0.05, 0) is 50.2 Å². The van der Waals surface area contributed by atoms with E-state index in [1.54, 1.807) is 7.11 Å². The first-order chi connectivity index (χ1) is 8.12. The Balaban J connectivity index is 2.39. The van der Waals surface area contributed by atoms with Crippen molar-refractivity contribution in [1.29, 1.82) is 0 Å². The van der Waals surface area contributed by atoms with Gasteiger partial charge in [-0.15, -0.1) is 0 Å². The van der Waals surface area contributed by atoms with Gasteiger partial charge < -0.3 is 9.16 Å². The van der Waals surface area contributed by atoms with Crippen LogP contribution >= 0.6 is 0 Å². The van der Waals surface area contributed by atoms with Gasteiger partial charge >= 0.3 is 0 Å². The predicted octanol–water partition coefficient (Wildman–Crippen LogP) is 4.54. The SMILES string of the molecule is CO/C(O[Si](C)(C)C)=C1/CC2CCC1(C)C2(C)C. The highest BCUT2D eigenvalue weighted by Gasteiger charge is 2.60. The lowest BCUT2D eigenvalue weighted by atomic mass is 9.69. The van der Waals surface area contributed by atoms with Crippen LogP contribution in [0.3, 0.4) is 0 Å². The highest BCUT2D eigenvalue weighted by Crippen LogP contribution is 2.68. The minimum atomic E-state index is -1.60. The molecule has 104 valence electrons. The summed E-state index contributed by atoms with van der Waals surface area (Å²) in [4.78, 5) is 0. The number of hydrogen-bond acceptors (Lipinski definition) is 2. The van der Waals surface area contributed by atoms with E-state index in [2.05, 4.69) is 40.4 Å². The summed E-state index contributed by atoms with van der Waals surface area (Å²) in [7, 11) is 0.156. The second kappa shape index (κ2) is 4.02. The van der Waals surface area contributed by atoms with Gasteiger partial charge in [-0.25, -0.2) is 0 Å². The van der Waals surface area contributed by atoms with E-state index >= 15 is 0 Å². The highest BCUT2D eigenvalue weighted by molar-refractivity contribution is 6.70. The third-order valence-corrected chi connectivity index (χ3v) is 6.18. The number of ether oxygens (including phenoxy) is 1. The first-order valence-electron chi connectivity index (χ1n) is 7.08. The maximum Gasteiger partial charge on any atom is 0.264 e. The molecule has 2 bridgehead atoms. The van der Waals surface area contributed by atoms with E-state index in [0.717, 1.165) is 18.3 Å². The molecule has 0 aromatic heterocycles. The molecule has 18 heavy (non-hydrogen) atoms. The molecule has 0 aromatic rings. The van der Waals surface area contributed by atoms with Gasteiger partial charge in [-0.2, -0.15) is 0 Å². The van der Waals surface area contributed by atoms with E-state index in [-0.39, 0.29) is 5.41 Å². The molecule has 2 saturated carbocycles. The Morgan fingerprint density at radius 1 is 1.22 bits per heavy atom. The van der Waals surface area contributed by atoms with Gasteiger partial charge in [0.2, 0.25) is 8.32 Å². The van der Waals surface area contributed by atoms with E-state index in [1.807, 2.05) is 0 Å². The molecule has 0 aliphatic heterocycles. The van der Waals surface area contributed by atoms with Crippen molar-refractivity contribution < 1.29 is 9.16 Å². The molecular formula is C15H28O2Si. The zero-order chi connectivity index (χ0) is 13.8. The van der Waals surface area contributed by atoms with E-state index < -0.39 is 8.32 Å². The molecule has 0 saturated heterocycles. The number of rotatable bonds is 3. The van der Waals surface area contributed by atoms with Crippen molar-refractivity contribution in [2.75, 3.05) is 7.11 Å². The fraction of sp³-hybridized carbons (Fsp3) is 0.867. The summed E-state index contributed by atoms with van der Waals surface area (Å²) < 4.78 is 11.8. The van der Waals surface area contributed by atoms with E-state index in [9.17, 15) is 0 Å². The van der Waals surface area contributed by atoms with Gasteiger partial charge in [-0.3, -0.25) is 0 Å². The standard InChI is InChI=1S/C15H28O2Si/c1-14(2)11-8-9-15(14,3)12(10-11)13(16-4)17-18(5,6)7/h11H,8-10H2,1-7H3/b13-12+. The highest BCUT2D eigenvalue weighted by atomic mass is 28.4. The lowest BCUT2D eigenvalue weighted by molar-refractivity contribution is 0.119. The van der Waals surface area contributed by atoms with Crippen molar-refractivity contribution in [3.05, 3.63) is 11.5 Å². The van der Waals surface area contributed by atoms with Gasteiger partial charge in [0.15, 0.2) is 0 Å². The summed E-state index contributed by atoms with van der Waals surface area (Å²) in [6.07, 6.45) is 3.80. The van der Waals surface area contributed by atoms with Crippen LogP contribution in [0.4, 0.5) is 0 Å². The second-order valence-electron chi connectivity index (χ2n) is 7.68. The number of allylic oxidation sites excluding steroid dienone is 1. The summed E-state index contributed by atoms with van der Waals surface area (Å²) in [5.74, 6) is 1.64. The van der Waals surface area contributed by atoms with Crippen LogP contribution in [0.1, 0.15) is 40.0 Å². The maximum atomic E-state index is 6.18. The summed E-state index contributed by atoms with van der Waals surface area (Å²) in [5, 5.41) is 0. The molecule has 0 aromatic carbocycles. The van der Waals surface area contributed by atoms with Crippen molar-refractivity contribution in [2.45, 2.75) is 59.7 Å². The monoisotopic (exact) mass is 268 g/mol. The van der Waals surface area contributed by atoms with E-state index in [1.165, 1.54) is 18.4 Å². The summed E-state index contributed by atoms with van der Waals surface area (Å²) in [5.41, 5.74) is 2.09. The van der Waals surface area contributed by atoms with Gasteiger partial charge in [0, 0.05) is 11.0 Å². The fourth-order valence-corrected chi connectivity index (χ4v) is 4.54. The molecule has 2 aliphatic carbocycles. The van der Waals surface area contributed by atoms with Gasteiger partial charge in [0.1, 0.15) is 0 Å². The Kier molecular flexibility index (Phi) is 3.12. The Morgan fingerprint density at radius 3 is 2.17 bits per heavy atom. The molecule has 2 atom stereocenters. The quantitative estimate of drug-likeness (QED) is 0.552. The normalized spacial score (nSPS) is 36.7. The Morgan fingerprint density at radius 2 is 1.83 bits per heavy atom. The Labute approximate surface area is 113 Å². The lowest BCUT2D eigenvalue weighted by Gasteiger charge is -2.36. The fourth-order valence-electron chi connectivity index (χ4n) is 3.78. The molecule has 2 unspecified atom stereocenters. The number of hydrogen-bond donors (Lipinski definition) is 0. The predicted molar refractivity (Wildman–Crippen MR) is 77.7 cm³/mol. The third-order valence-electron chi connectivity index (χ3n) is 5.38. The first-order valence-corrected chi connectivity index (χ1v) is 10.5. The van der Waals surface area contributed by atoms with Crippen molar-refractivity contribution in [1.82, 2.24) is 0 Å². The molecule has 2 fully saturated rings. The Hall–Kier alpha value is -0.443. The van der Waals surface area contributed by atoms with Crippen LogP contribution in [0.5, 0.6) is 0 Å². The van der Waals surface area contributed by atoms with Gasteiger partial charge in [0.05, 0.1) is 7.11 Å². The molecule has 0 N–H and O–H groups in total. The molecule has 3 heteroatoms. The molecule has 0 heterocycles. The topological polar surface area (TPSA) is 18.5 Å². The minimum absolute atomic E-state index is 0.267. The van der Waals surface area contributed by atoms with Crippen molar-refractivity contribution in [3.8, 4) is 0 Å². The lowest BCUT2D eigenvalue weighted by Crippen LogP contribution is -2.31. The third kappa shape index (κ3) is 1.91. The van der Waals surface area contributed by atoms with E-state index in [0.29, 0.717) is 5.41 Å². The molecular weight excluding hydrogens is 240 g/mol. The largest absolute Gasteiger partial charge is 0.520 e. The van der Waals surface area contributed by atoms with Crippen LogP contribution in [0.2, 0.25) is 19.6 Å². The van der Waals surface area contributed by atoms with Gasteiger partial charge in [0.25, 0.3) is 5.95 Å². The minimum Gasteiger partial charge on any atom is -0.520 e.